The topological polar surface area (TPSA) is 84.7 Å². The van der Waals surface area contributed by atoms with Crippen molar-refractivity contribution in [3.8, 4) is 0 Å². The van der Waals surface area contributed by atoms with E-state index in [1.807, 2.05) is 20.8 Å². The Bertz CT molecular complexity index is 625. The van der Waals surface area contributed by atoms with Gasteiger partial charge >= 0.3 is 0 Å². The lowest BCUT2D eigenvalue weighted by atomic mass is 9.54. The summed E-state index contributed by atoms with van der Waals surface area (Å²) >= 11 is 0. The third-order valence-corrected chi connectivity index (χ3v) is 5.03. The number of nitrogens with zero attached hydrogens (tertiary/aromatic N) is 1. The number of anilines is 1. The quantitative estimate of drug-likeness (QED) is 0.861. The summed E-state index contributed by atoms with van der Waals surface area (Å²) in [5.41, 5.74) is 6.15. The van der Waals surface area contributed by atoms with E-state index in [4.69, 9.17) is 10.5 Å². The van der Waals surface area contributed by atoms with E-state index in [1.54, 1.807) is 38.4 Å². The summed E-state index contributed by atoms with van der Waals surface area (Å²) in [6.45, 7) is 6.45. The first-order chi connectivity index (χ1) is 11.1. The molecule has 1 fully saturated rings. The monoisotopic (exact) mass is 333 g/mol. The standard InChI is InChI=1S/C18H27N3O3/c1-6-24-14-11-18(19,17(14,2)3)16(23)20-13-9-7-12(8-10-13)15(22)21(4)5/h7-10,14H,6,11,19H2,1-5H3,(H,20,23). The van der Waals surface area contributed by atoms with E-state index in [0.717, 1.165) is 0 Å². The molecule has 0 bridgehead atoms. The molecule has 1 aliphatic rings. The minimum Gasteiger partial charge on any atom is -0.378 e. The average molecular weight is 333 g/mol. The van der Waals surface area contributed by atoms with Crippen molar-refractivity contribution in [3.63, 3.8) is 0 Å². The normalized spacial score (nSPS) is 24.8. The lowest BCUT2D eigenvalue weighted by Crippen LogP contribution is -2.74. The number of carbonyl (C=O) groups excluding carboxylic acids is 2. The number of nitrogens with two attached hydrogens (primary N) is 1. The molecule has 6 nitrogen and oxygen atoms in total. The summed E-state index contributed by atoms with van der Waals surface area (Å²) in [5.74, 6) is -0.307. The summed E-state index contributed by atoms with van der Waals surface area (Å²) in [5, 5.41) is 2.85. The van der Waals surface area contributed by atoms with Gasteiger partial charge in [-0.15, -0.1) is 0 Å². The van der Waals surface area contributed by atoms with Gasteiger partial charge in [0, 0.05) is 43.8 Å². The largest absolute Gasteiger partial charge is 0.378 e. The first-order valence-corrected chi connectivity index (χ1v) is 8.17. The second-order valence-corrected chi connectivity index (χ2v) is 7.07. The van der Waals surface area contributed by atoms with Crippen LogP contribution in [0.3, 0.4) is 0 Å². The molecule has 1 saturated carbocycles. The Kier molecular flexibility index (Phi) is 5.01. The van der Waals surface area contributed by atoms with Crippen molar-refractivity contribution < 1.29 is 14.3 Å². The molecule has 0 spiro atoms. The lowest BCUT2D eigenvalue weighted by Gasteiger charge is -2.57. The number of ether oxygens (including phenoxy) is 1. The fraction of sp³-hybridized carbons (Fsp3) is 0.556. The molecule has 24 heavy (non-hydrogen) atoms. The molecular weight excluding hydrogens is 306 g/mol. The molecule has 2 rings (SSSR count). The molecule has 132 valence electrons. The van der Waals surface area contributed by atoms with Crippen LogP contribution in [-0.4, -0.2) is 49.1 Å². The minimum absolute atomic E-state index is 0.0154. The SMILES string of the molecule is CCOC1CC(N)(C(=O)Nc2ccc(C(=O)N(C)C)cc2)C1(C)C. The molecule has 0 aliphatic heterocycles. The molecule has 2 unspecified atom stereocenters. The van der Waals surface area contributed by atoms with Gasteiger partial charge in [0.2, 0.25) is 5.91 Å². The van der Waals surface area contributed by atoms with Crippen molar-refractivity contribution in [1.82, 2.24) is 4.90 Å². The zero-order valence-electron chi connectivity index (χ0n) is 15.1. The maximum atomic E-state index is 12.6. The van der Waals surface area contributed by atoms with Gasteiger partial charge in [0.1, 0.15) is 5.54 Å². The van der Waals surface area contributed by atoms with E-state index in [2.05, 4.69) is 5.32 Å². The molecule has 1 aliphatic carbocycles. The summed E-state index contributed by atoms with van der Waals surface area (Å²) in [4.78, 5) is 26.0. The first-order valence-electron chi connectivity index (χ1n) is 8.17. The average Bonchev–Trinajstić information content (AvgIpc) is 2.54. The fourth-order valence-electron chi connectivity index (χ4n) is 3.02. The number of hydrogen-bond donors (Lipinski definition) is 2. The van der Waals surface area contributed by atoms with Gasteiger partial charge in [-0.2, -0.15) is 0 Å². The first kappa shape index (κ1) is 18.4. The van der Waals surface area contributed by atoms with Crippen LogP contribution in [0.5, 0.6) is 0 Å². The van der Waals surface area contributed by atoms with Crippen LogP contribution in [-0.2, 0) is 9.53 Å². The molecule has 3 N–H and O–H groups in total. The second kappa shape index (κ2) is 6.53. The summed E-state index contributed by atoms with van der Waals surface area (Å²) in [7, 11) is 3.40. The van der Waals surface area contributed by atoms with Crippen LogP contribution in [0.15, 0.2) is 24.3 Å². The number of benzene rings is 1. The van der Waals surface area contributed by atoms with Gasteiger partial charge < -0.3 is 20.7 Å². The third-order valence-electron chi connectivity index (χ3n) is 5.03. The number of rotatable bonds is 5. The maximum absolute atomic E-state index is 12.6. The molecule has 0 radical (unpaired) electrons. The molecule has 0 saturated heterocycles. The Hall–Kier alpha value is -1.92. The van der Waals surface area contributed by atoms with E-state index >= 15 is 0 Å². The Morgan fingerprint density at radius 1 is 1.29 bits per heavy atom. The number of carbonyl (C=O) groups is 2. The Morgan fingerprint density at radius 2 is 1.88 bits per heavy atom. The predicted molar refractivity (Wildman–Crippen MR) is 93.8 cm³/mol. The second-order valence-electron chi connectivity index (χ2n) is 7.07. The summed E-state index contributed by atoms with van der Waals surface area (Å²) < 4.78 is 5.65. The molecule has 0 aromatic heterocycles. The fourth-order valence-corrected chi connectivity index (χ4v) is 3.02. The zero-order valence-corrected chi connectivity index (χ0v) is 15.1. The lowest BCUT2D eigenvalue weighted by molar-refractivity contribution is -0.166. The molecule has 2 amide bonds. The van der Waals surface area contributed by atoms with E-state index in [0.29, 0.717) is 24.3 Å². The van der Waals surface area contributed by atoms with Gasteiger partial charge in [-0.05, 0) is 31.2 Å². The van der Waals surface area contributed by atoms with Crippen LogP contribution in [0.1, 0.15) is 37.6 Å². The molecule has 1 aromatic carbocycles. The molecule has 6 heteroatoms. The highest BCUT2D eigenvalue weighted by Crippen LogP contribution is 2.50. The number of amides is 2. The smallest absolute Gasteiger partial charge is 0.253 e. The van der Waals surface area contributed by atoms with Crippen LogP contribution < -0.4 is 11.1 Å². The molecule has 2 atom stereocenters. The van der Waals surface area contributed by atoms with Crippen molar-refractivity contribution in [2.75, 3.05) is 26.0 Å². The molecule has 0 heterocycles. The highest BCUT2D eigenvalue weighted by Gasteiger charge is 2.62. The van der Waals surface area contributed by atoms with Crippen LogP contribution >= 0.6 is 0 Å². The highest BCUT2D eigenvalue weighted by atomic mass is 16.5. The molecular formula is C18H27N3O3. The maximum Gasteiger partial charge on any atom is 0.253 e. The Labute approximate surface area is 143 Å². The third kappa shape index (κ3) is 3.03. The van der Waals surface area contributed by atoms with Gasteiger partial charge in [-0.25, -0.2) is 0 Å². The number of hydrogen-bond acceptors (Lipinski definition) is 4. The van der Waals surface area contributed by atoms with Crippen molar-refractivity contribution in [1.29, 1.82) is 0 Å². The van der Waals surface area contributed by atoms with Gasteiger partial charge in [0.15, 0.2) is 0 Å². The van der Waals surface area contributed by atoms with Crippen molar-refractivity contribution in [2.45, 2.75) is 38.8 Å². The number of nitrogens with one attached hydrogen (secondary N) is 1. The van der Waals surface area contributed by atoms with E-state index in [1.165, 1.54) is 4.90 Å². The van der Waals surface area contributed by atoms with Crippen LogP contribution in [0.2, 0.25) is 0 Å². The van der Waals surface area contributed by atoms with E-state index in [-0.39, 0.29) is 17.9 Å². The minimum atomic E-state index is -0.967. The highest BCUT2D eigenvalue weighted by molar-refractivity contribution is 6.00. The summed E-state index contributed by atoms with van der Waals surface area (Å²) in [6.07, 6.45) is 0.481. The van der Waals surface area contributed by atoms with E-state index < -0.39 is 11.0 Å². The zero-order chi connectivity index (χ0) is 18.1. The van der Waals surface area contributed by atoms with Crippen molar-refractivity contribution >= 4 is 17.5 Å². The predicted octanol–water partition coefficient (Wildman–Crippen LogP) is 1.86. The van der Waals surface area contributed by atoms with Gasteiger partial charge in [0.05, 0.1) is 6.10 Å². The van der Waals surface area contributed by atoms with Crippen LogP contribution in [0, 0.1) is 5.41 Å². The summed E-state index contributed by atoms with van der Waals surface area (Å²) in [6, 6.07) is 6.81. The van der Waals surface area contributed by atoms with Crippen LogP contribution in [0.4, 0.5) is 5.69 Å². The van der Waals surface area contributed by atoms with Crippen molar-refractivity contribution in [3.05, 3.63) is 29.8 Å². The van der Waals surface area contributed by atoms with Crippen molar-refractivity contribution in [2.24, 2.45) is 11.1 Å². The van der Waals surface area contributed by atoms with Gasteiger partial charge in [-0.1, -0.05) is 13.8 Å². The molecule has 1 aromatic rings. The Morgan fingerprint density at radius 3 is 2.33 bits per heavy atom. The Balaban J connectivity index is 2.06. The van der Waals surface area contributed by atoms with Crippen LogP contribution in [0.25, 0.3) is 0 Å². The van der Waals surface area contributed by atoms with Gasteiger partial charge in [-0.3, -0.25) is 9.59 Å². The van der Waals surface area contributed by atoms with Gasteiger partial charge in [0.25, 0.3) is 5.91 Å². The van der Waals surface area contributed by atoms with E-state index in [9.17, 15) is 9.59 Å².